The number of hydrogen-bond donors (Lipinski definition) is 3. The van der Waals surface area contributed by atoms with Crippen LogP contribution in [0.25, 0.3) is 10.2 Å². The van der Waals surface area contributed by atoms with Gasteiger partial charge >= 0.3 is 0 Å². The number of aryl methyl sites for hydroxylation is 1. The Hall–Kier alpha value is -3.98. The van der Waals surface area contributed by atoms with Gasteiger partial charge in [0.25, 0.3) is 17.4 Å². The van der Waals surface area contributed by atoms with Gasteiger partial charge in [0.15, 0.2) is 6.61 Å². The van der Waals surface area contributed by atoms with Crippen molar-refractivity contribution < 1.29 is 14.3 Å². The standard InChI is InChI=1S/C24H20N4O4S/c1-13-16(9-14-5-3-2-4-6-14)20-22(30)27-21(28-24(20)33-13)23(31)25-11-15-7-8-18-17(10-15)26-19(29)12-32-18/h2-8,10H,9,11-12H2,1H3,(H,25,31)(H,26,29)(H,27,28,30). The average molecular weight is 461 g/mol. The van der Waals surface area contributed by atoms with Crippen LogP contribution in [0.1, 0.15) is 32.2 Å². The third-order valence-electron chi connectivity index (χ3n) is 5.43. The fraction of sp³-hybridized carbons (Fsp3) is 0.167. The van der Waals surface area contributed by atoms with Crippen LogP contribution in [0.3, 0.4) is 0 Å². The SMILES string of the molecule is Cc1sc2nc(C(=O)NCc3ccc4c(c3)NC(=O)CO4)[nH]c(=O)c2c1Cc1ccccc1. The molecule has 8 nitrogen and oxygen atoms in total. The van der Waals surface area contributed by atoms with E-state index < -0.39 is 5.91 Å². The quantitative estimate of drug-likeness (QED) is 0.424. The number of anilines is 1. The topological polar surface area (TPSA) is 113 Å². The van der Waals surface area contributed by atoms with Crippen LogP contribution in [0.15, 0.2) is 53.3 Å². The van der Waals surface area contributed by atoms with E-state index >= 15 is 0 Å². The number of nitrogens with zero attached hydrogens (tertiary/aromatic N) is 1. The molecule has 2 aromatic heterocycles. The summed E-state index contributed by atoms with van der Waals surface area (Å²) in [6, 6.07) is 15.2. The molecule has 2 aromatic carbocycles. The summed E-state index contributed by atoms with van der Waals surface area (Å²) in [6.45, 7) is 2.15. The maximum absolute atomic E-state index is 12.9. The Labute approximate surface area is 192 Å². The monoisotopic (exact) mass is 460 g/mol. The van der Waals surface area contributed by atoms with Crippen molar-refractivity contribution in [2.75, 3.05) is 11.9 Å². The van der Waals surface area contributed by atoms with Crippen LogP contribution in [0.2, 0.25) is 0 Å². The number of benzene rings is 2. The molecule has 0 spiro atoms. The molecule has 4 aromatic rings. The summed E-state index contributed by atoms with van der Waals surface area (Å²) < 4.78 is 5.34. The number of carbonyl (C=O) groups is 2. The molecule has 5 rings (SSSR count). The van der Waals surface area contributed by atoms with Gasteiger partial charge in [-0.3, -0.25) is 14.4 Å². The zero-order valence-corrected chi connectivity index (χ0v) is 18.5. The molecule has 33 heavy (non-hydrogen) atoms. The third-order valence-corrected chi connectivity index (χ3v) is 6.47. The van der Waals surface area contributed by atoms with Gasteiger partial charge in [0.2, 0.25) is 5.82 Å². The lowest BCUT2D eigenvalue weighted by Gasteiger charge is -2.18. The van der Waals surface area contributed by atoms with E-state index in [1.54, 1.807) is 18.2 Å². The average Bonchev–Trinajstić information content (AvgIpc) is 3.13. The highest BCUT2D eigenvalue weighted by Crippen LogP contribution is 2.30. The Kier molecular flexibility index (Phi) is 5.39. The zero-order chi connectivity index (χ0) is 22.9. The first kappa shape index (κ1) is 20.9. The fourth-order valence-corrected chi connectivity index (χ4v) is 4.84. The lowest BCUT2D eigenvalue weighted by atomic mass is 10.0. The van der Waals surface area contributed by atoms with Crippen LogP contribution in [-0.2, 0) is 17.8 Å². The molecule has 0 unspecified atom stereocenters. The van der Waals surface area contributed by atoms with Crippen LogP contribution in [-0.4, -0.2) is 28.4 Å². The summed E-state index contributed by atoms with van der Waals surface area (Å²) >= 11 is 1.41. The Balaban J connectivity index is 1.36. The minimum atomic E-state index is -0.484. The molecule has 9 heteroatoms. The smallest absolute Gasteiger partial charge is 0.287 e. The van der Waals surface area contributed by atoms with E-state index in [2.05, 4.69) is 20.6 Å². The van der Waals surface area contributed by atoms with Crippen molar-refractivity contribution in [3.8, 4) is 5.75 Å². The fourth-order valence-electron chi connectivity index (χ4n) is 3.80. The zero-order valence-electron chi connectivity index (χ0n) is 17.7. The predicted molar refractivity (Wildman–Crippen MR) is 126 cm³/mol. The summed E-state index contributed by atoms with van der Waals surface area (Å²) in [5.41, 5.74) is 3.04. The molecule has 3 N–H and O–H groups in total. The van der Waals surface area contributed by atoms with Gasteiger partial charge in [-0.25, -0.2) is 4.98 Å². The number of fused-ring (bicyclic) bond motifs is 2. The number of nitrogens with one attached hydrogen (secondary N) is 3. The van der Waals surface area contributed by atoms with Crippen molar-refractivity contribution in [1.29, 1.82) is 0 Å². The molecule has 0 fully saturated rings. The van der Waals surface area contributed by atoms with Gasteiger partial charge in [0.1, 0.15) is 10.6 Å². The summed E-state index contributed by atoms with van der Waals surface area (Å²) in [4.78, 5) is 45.7. The number of hydrogen-bond acceptors (Lipinski definition) is 6. The van der Waals surface area contributed by atoms with Crippen molar-refractivity contribution in [3.63, 3.8) is 0 Å². The van der Waals surface area contributed by atoms with Crippen molar-refractivity contribution in [3.05, 3.63) is 86.3 Å². The molecule has 166 valence electrons. The van der Waals surface area contributed by atoms with E-state index in [0.29, 0.717) is 28.1 Å². The first-order valence-electron chi connectivity index (χ1n) is 10.4. The van der Waals surface area contributed by atoms with Crippen molar-refractivity contribution >= 4 is 39.1 Å². The number of carbonyl (C=O) groups excluding carboxylic acids is 2. The van der Waals surface area contributed by atoms with Crippen molar-refractivity contribution in [2.24, 2.45) is 0 Å². The molecule has 3 heterocycles. The molecule has 1 aliphatic rings. The summed E-state index contributed by atoms with van der Waals surface area (Å²) in [5.74, 6) is -0.158. The first-order chi connectivity index (χ1) is 16.0. The predicted octanol–water partition coefficient (Wildman–Crippen LogP) is 3.14. The number of H-pyrrole nitrogens is 1. The molecule has 0 aliphatic carbocycles. The van der Waals surface area contributed by atoms with Gasteiger partial charge in [-0.2, -0.15) is 0 Å². The molecule has 0 radical (unpaired) electrons. The molecule has 0 saturated carbocycles. The van der Waals surface area contributed by atoms with Gasteiger partial charge < -0.3 is 20.4 Å². The molecule has 0 atom stereocenters. The number of amides is 2. The van der Waals surface area contributed by atoms with Crippen LogP contribution >= 0.6 is 11.3 Å². The van der Waals surface area contributed by atoms with Crippen LogP contribution in [0.5, 0.6) is 5.75 Å². The van der Waals surface area contributed by atoms with Crippen LogP contribution in [0.4, 0.5) is 5.69 Å². The van der Waals surface area contributed by atoms with Crippen LogP contribution in [0, 0.1) is 6.92 Å². The highest BCUT2D eigenvalue weighted by Gasteiger charge is 2.19. The number of ether oxygens (including phenoxy) is 1. The summed E-state index contributed by atoms with van der Waals surface area (Å²) in [6.07, 6.45) is 0.627. The lowest BCUT2D eigenvalue weighted by molar-refractivity contribution is -0.118. The maximum atomic E-state index is 12.9. The van der Waals surface area contributed by atoms with Gasteiger partial charge in [-0.15, -0.1) is 11.3 Å². The van der Waals surface area contributed by atoms with Gasteiger partial charge in [-0.05, 0) is 42.2 Å². The largest absolute Gasteiger partial charge is 0.482 e. The minimum Gasteiger partial charge on any atom is -0.482 e. The van der Waals surface area contributed by atoms with Gasteiger partial charge in [0.05, 0.1) is 11.1 Å². The minimum absolute atomic E-state index is 0.0140. The van der Waals surface area contributed by atoms with E-state index in [1.165, 1.54) is 11.3 Å². The number of thiophene rings is 1. The molecule has 0 saturated heterocycles. The van der Waals surface area contributed by atoms with Crippen LogP contribution < -0.4 is 20.9 Å². The van der Waals surface area contributed by atoms with Gasteiger partial charge in [0, 0.05) is 11.4 Å². The molecular weight excluding hydrogens is 440 g/mol. The Morgan fingerprint density at radius 2 is 1.97 bits per heavy atom. The van der Waals surface area contributed by atoms with E-state index in [4.69, 9.17) is 4.74 Å². The maximum Gasteiger partial charge on any atom is 0.287 e. The number of rotatable bonds is 5. The molecule has 2 amide bonds. The second-order valence-corrected chi connectivity index (χ2v) is 8.95. The Morgan fingerprint density at radius 1 is 1.15 bits per heavy atom. The normalized spacial score (nSPS) is 12.7. The summed E-state index contributed by atoms with van der Waals surface area (Å²) in [7, 11) is 0. The molecule has 1 aliphatic heterocycles. The van der Waals surface area contributed by atoms with E-state index in [-0.39, 0.29) is 30.4 Å². The van der Waals surface area contributed by atoms with Gasteiger partial charge in [-0.1, -0.05) is 36.4 Å². The Bertz CT molecular complexity index is 1440. The highest BCUT2D eigenvalue weighted by atomic mass is 32.1. The first-order valence-corrected chi connectivity index (χ1v) is 11.2. The molecular formula is C24H20N4O4S. The third kappa shape index (κ3) is 4.22. The number of aromatic amines is 1. The lowest BCUT2D eigenvalue weighted by Crippen LogP contribution is -2.28. The van der Waals surface area contributed by atoms with Crippen molar-refractivity contribution in [2.45, 2.75) is 19.9 Å². The van der Waals surface area contributed by atoms with Crippen molar-refractivity contribution in [1.82, 2.24) is 15.3 Å². The molecule has 0 bridgehead atoms. The van der Waals surface area contributed by atoms with E-state index in [0.717, 1.165) is 21.6 Å². The Morgan fingerprint density at radius 3 is 2.79 bits per heavy atom. The van der Waals surface area contributed by atoms with E-state index in [9.17, 15) is 14.4 Å². The van der Waals surface area contributed by atoms with E-state index in [1.807, 2.05) is 37.3 Å². The second-order valence-electron chi connectivity index (χ2n) is 7.74. The second kappa shape index (κ2) is 8.51. The highest BCUT2D eigenvalue weighted by molar-refractivity contribution is 7.18. The number of aromatic nitrogens is 2. The summed E-state index contributed by atoms with van der Waals surface area (Å²) in [5, 5.41) is 6.03.